The lowest BCUT2D eigenvalue weighted by molar-refractivity contribution is 0.411. The molecule has 3 nitrogen and oxygen atoms in total. The first-order chi connectivity index (χ1) is 6.86. The Labute approximate surface area is 82.8 Å². The minimum absolute atomic E-state index is 0.911. The molecule has 0 fully saturated rings. The van der Waals surface area contributed by atoms with Crippen LogP contribution < -0.4 is 0 Å². The second-order valence-electron chi connectivity index (χ2n) is 3.31. The molecular formula is C11H12N2O. The van der Waals surface area contributed by atoms with Crippen molar-refractivity contribution in [3.63, 3.8) is 0 Å². The summed E-state index contributed by atoms with van der Waals surface area (Å²) in [5, 5.41) is 3.94. The molecule has 0 unspecified atom stereocenters. The molecule has 0 spiro atoms. The van der Waals surface area contributed by atoms with Gasteiger partial charge in [0.15, 0.2) is 0 Å². The number of aryl methyl sites for hydroxylation is 3. The number of rotatable bonds is 3. The quantitative estimate of drug-likeness (QED) is 0.740. The summed E-state index contributed by atoms with van der Waals surface area (Å²) in [7, 11) is 0. The largest absolute Gasteiger partial charge is 0.364 e. The Balaban J connectivity index is 1.99. The van der Waals surface area contributed by atoms with Gasteiger partial charge in [-0.3, -0.25) is 4.98 Å². The molecule has 14 heavy (non-hydrogen) atoms. The van der Waals surface area contributed by atoms with Crippen LogP contribution in [0.25, 0.3) is 0 Å². The molecule has 0 atom stereocenters. The maximum absolute atomic E-state index is 4.87. The number of pyridine rings is 1. The van der Waals surface area contributed by atoms with Gasteiger partial charge in [0.25, 0.3) is 0 Å². The summed E-state index contributed by atoms with van der Waals surface area (Å²) < 4.78 is 4.87. The molecule has 0 aromatic carbocycles. The predicted octanol–water partition coefficient (Wildman–Crippen LogP) is 2.16. The zero-order valence-electron chi connectivity index (χ0n) is 8.10. The van der Waals surface area contributed by atoms with Crippen molar-refractivity contribution in [1.29, 1.82) is 0 Å². The van der Waals surface area contributed by atoms with E-state index < -0.39 is 0 Å². The molecule has 2 heterocycles. The van der Waals surface area contributed by atoms with Crippen LogP contribution in [0.4, 0.5) is 0 Å². The summed E-state index contributed by atoms with van der Waals surface area (Å²) in [6.45, 7) is 2.01. The molecule has 0 saturated carbocycles. The minimum atomic E-state index is 0.911. The van der Waals surface area contributed by atoms with Crippen LogP contribution in [0.3, 0.4) is 0 Å². The van der Waals surface area contributed by atoms with Gasteiger partial charge in [-0.1, -0.05) is 11.2 Å². The Morgan fingerprint density at radius 2 is 2.29 bits per heavy atom. The second-order valence-corrected chi connectivity index (χ2v) is 3.31. The van der Waals surface area contributed by atoms with E-state index in [4.69, 9.17) is 4.52 Å². The number of aromatic nitrogens is 2. The maximum Gasteiger partial charge on any atom is 0.126 e. The summed E-state index contributed by atoms with van der Waals surface area (Å²) in [6, 6.07) is 4.02. The lowest BCUT2D eigenvalue weighted by Crippen LogP contribution is -1.93. The van der Waals surface area contributed by atoms with Gasteiger partial charge >= 0.3 is 0 Å². The summed E-state index contributed by atoms with van der Waals surface area (Å²) in [5.41, 5.74) is 3.39. The molecule has 0 aliphatic heterocycles. The fourth-order valence-electron chi connectivity index (χ4n) is 1.36. The first-order valence-corrected chi connectivity index (χ1v) is 4.65. The summed E-state index contributed by atoms with van der Waals surface area (Å²) in [4.78, 5) is 4.06. The van der Waals surface area contributed by atoms with Gasteiger partial charge in [-0.25, -0.2) is 0 Å². The van der Waals surface area contributed by atoms with E-state index in [0.29, 0.717) is 0 Å². The number of nitrogens with zero attached hydrogens (tertiary/aromatic N) is 2. The Morgan fingerprint density at radius 1 is 1.36 bits per heavy atom. The molecule has 0 bridgehead atoms. The van der Waals surface area contributed by atoms with Gasteiger partial charge in [-0.2, -0.15) is 0 Å². The molecule has 0 N–H and O–H groups in total. The monoisotopic (exact) mass is 188 g/mol. The summed E-state index contributed by atoms with van der Waals surface area (Å²) >= 11 is 0. The van der Waals surface area contributed by atoms with Crippen molar-refractivity contribution in [2.75, 3.05) is 0 Å². The van der Waals surface area contributed by atoms with Crippen molar-refractivity contribution in [3.05, 3.63) is 47.6 Å². The second kappa shape index (κ2) is 4.05. The van der Waals surface area contributed by atoms with Crippen LogP contribution in [0.5, 0.6) is 0 Å². The van der Waals surface area contributed by atoms with Gasteiger partial charge in [0.1, 0.15) is 6.26 Å². The Bertz CT molecular complexity index is 395. The fraction of sp³-hybridized carbons (Fsp3) is 0.273. The van der Waals surface area contributed by atoms with Crippen molar-refractivity contribution >= 4 is 0 Å². The molecule has 0 saturated heterocycles. The first kappa shape index (κ1) is 8.94. The van der Waals surface area contributed by atoms with Crippen LogP contribution in [-0.4, -0.2) is 10.1 Å². The number of hydrogen-bond donors (Lipinski definition) is 0. The Morgan fingerprint density at radius 3 is 2.93 bits per heavy atom. The SMILES string of the molecule is Cc1conc1CCc1cccnc1. The number of hydrogen-bond acceptors (Lipinski definition) is 3. The molecule has 3 heteroatoms. The van der Waals surface area contributed by atoms with Crippen LogP contribution >= 0.6 is 0 Å². The Hall–Kier alpha value is -1.64. The highest BCUT2D eigenvalue weighted by Gasteiger charge is 2.02. The van der Waals surface area contributed by atoms with Crippen molar-refractivity contribution in [2.24, 2.45) is 0 Å². The van der Waals surface area contributed by atoms with Crippen molar-refractivity contribution in [2.45, 2.75) is 19.8 Å². The standard InChI is InChI=1S/C11H12N2O/c1-9-8-14-13-11(9)5-4-10-3-2-6-12-7-10/h2-3,6-8H,4-5H2,1H3. The summed E-state index contributed by atoms with van der Waals surface area (Å²) in [5.74, 6) is 0. The van der Waals surface area contributed by atoms with Crippen LogP contribution in [0.1, 0.15) is 16.8 Å². The van der Waals surface area contributed by atoms with Gasteiger partial charge in [-0.15, -0.1) is 0 Å². The van der Waals surface area contributed by atoms with Crippen LogP contribution in [0.15, 0.2) is 35.3 Å². The first-order valence-electron chi connectivity index (χ1n) is 4.65. The van der Waals surface area contributed by atoms with Crippen LogP contribution in [0, 0.1) is 6.92 Å². The smallest absolute Gasteiger partial charge is 0.126 e. The molecule has 2 aromatic rings. The third-order valence-electron chi connectivity index (χ3n) is 2.22. The van der Waals surface area contributed by atoms with E-state index in [9.17, 15) is 0 Å². The highest BCUT2D eigenvalue weighted by atomic mass is 16.5. The molecule has 2 aromatic heterocycles. The topological polar surface area (TPSA) is 38.9 Å². The van der Waals surface area contributed by atoms with Gasteiger partial charge in [-0.05, 0) is 31.4 Å². The zero-order chi connectivity index (χ0) is 9.80. The van der Waals surface area contributed by atoms with Crippen molar-refractivity contribution < 1.29 is 4.52 Å². The minimum Gasteiger partial charge on any atom is -0.364 e. The lowest BCUT2D eigenvalue weighted by atomic mass is 10.1. The normalized spacial score (nSPS) is 10.4. The van der Waals surface area contributed by atoms with Crippen LogP contribution in [0.2, 0.25) is 0 Å². The summed E-state index contributed by atoms with van der Waals surface area (Å²) in [6.07, 6.45) is 7.22. The average Bonchev–Trinajstić information content (AvgIpc) is 2.63. The predicted molar refractivity (Wildman–Crippen MR) is 52.9 cm³/mol. The lowest BCUT2D eigenvalue weighted by Gasteiger charge is -1.97. The molecule has 0 amide bonds. The van der Waals surface area contributed by atoms with Crippen molar-refractivity contribution in [1.82, 2.24) is 10.1 Å². The molecule has 0 aliphatic carbocycles. The van der Waals surface area contributed by atoms with Gasteiger partial charge in [0.05, 0.1) is 5.69 Å². The maximum atomic E-state index is 4.87. The zero-order valence-corrected chi connectivity index (χ0v) is 8.10. The molecule has 2 rings (SSSR count). The van der Waals surface area contributed by atoms with Crippen LogP contribution in [-0.2, 0) is 12.8 Å². The van der Waals surface area contributed by atoms with E-state index in [-0.39, 0.29) is 0 Å². The third kappa shape index (κ3) is 1.99. The molecule has 72 valence electrons. The highest BCUT2D eigenvalue weighted by Crippen LogP contribution is 2.08. The van der Waals surface area contributed by atoms with E-state index in [2.05, 4.69) is 16.2 Å². The Kier molecular flexibility index (Phi) is 2.58. The van der Waals surface area contributed by atoms with E-state index in [1.54, 1.807) is 12.5 Å². The van der Waals surface area contributed by atoms with Gasteiger partial charge in [0, 0.05) is 18.0 Å². The third-order valence-corrected chi connectivity index (χ3v) is 2.22. The molecule has 0 radical (unpaired) electrons. The van der Waals surface area contributed by atoms with E-state index in [1.807, 2.05) is 19.2 Å². The molecule has 0 aliphatic rings. The highest BCUT2D eigenvalue weighted by molar-refractivity contribution is 5.15. The van der Waals surface area contributed by atoms with Gasteiger partial charge < -0.3 is 4.52 Å². The van der Waals surface area contributed by atoms with E-state index in [1.165, 1.54) is 5.56 Å². The van der Waals surface area contributed by atoms with Gasteiger partial charge in [0.2, 0.25) is 0 Å². The van der Waals surface area contributed by atoms with E-state index in [0.717, 1.165) is 24.1 Å². The van der Waals surface area contributed by atoms with E-state index >= 15 is 0 Å². The fourth-order valence-corrected chi connectivity index (χ4v) is 1.36. The molecular weight excluding hydrogens is 176 g/mol. The van der Waals surface area contributed by atoms with Crippen molar-refractivity contribution in [3.8, 4) is 0 Å². The average molecular weight is 188 g/mol.